The molecule has 1 aromatic carbocycles. The quantitative estimate of drug-likeness (QED) is 0.828. The maximum absolute atomic E-state index is 12.8. The van der Waals surface area contributed by atoms with Crippen LogP contribution in [0.25, 0.3) is 0 Å². The normalized spacial score (nSPS) is 25.0. The Morgan fingerprint density at radius 2 is 1.87 bits per heavy atom. The second kappa shape index (κ2) is 6.53. The summed E-state index contributed by atoms with van der Waals surface area (Å²) >= 11 is 3.35. The molecule has 3 rings (SSSR count). The van der Waals surface area contributed by atoms with Crippen molar-refractivity contribution in [3.63, 3.8) is 0 Å². The van der Waals surface area contributed by atoms with E-state index in [1.54, 1.807) is 6.07 Å². The number of likely N-dealkylation sites (tertiary alicyclic amines) is 1. The number of rotatable bonds is 2. The molecule has 0 bridgehead atoms. The minimum Gasteiger partial charge on any atom is -0.338 e. The van der Waals surface area contributed by atoms with E-state index in [1.165, 1.54) is 37.8 Å². The molecule has 1 aromatic rings. The fraction of sp³-hybridized carbons (Fsp3) is 0.562. The number of carbonyl (C=O) groups excluding carboxylic acids is 1. The fourth-order valence-corrected chi connectivity index (χ4v) is 4.76. The van der Waals surface area contributed by atoms with Crippen LogP contribution in [0.3, 0.4) is 0 Å². The standard InChI is InChI=1S/C16H21BrN2O3S/c17-15-6-5-13(23(18,21)22)9-14(15)16(20)19-8-7-11-3-1-2-4-12(11)10-19/h5-6,9,11-12H,1-4,7-8,10H2,(H2,18,21,22)/t11-,12-/m0/s1. The van der Waals surface area contributed by atoms with Crippen LogP contribution in [0.1, 0.15) is 42.5 Å². The van der Waals surface area contributed by atoms with Crippen LogP contribution in [-0.2, 0) is 10.0 Å². The van der Waals surface area contributed by atoms with Crippen LogP contribution in [0.15, 0.2) is 27.6 Å². The second-order valence-corrected chi connectivity index (χ2v) is 8.95. The van der Waals surface area contributed by atoms with E-state index in [9.17, 15) is 13.2 Å². The smallest absolute Gasteiger partial charge is 0.255 e. The number of piperidine rings is 1. The lowest BCUT2D eigenvalue weighted by Gasteiger charge is -2.41. The highest BCUT2D eigenvalue weighted by Crippen LogP contribution is 2.36. The van der Waals surface area contributed by atoms with Crippen molar-refractivity contribution in [1.29, 1.82) is 0 Å². The molecular formula is C16H21BrN2O3S. The Morgan fingerprint density at radius 3 is 2.57 bits per heavy atom. The fourth-order valence-electron chi connectivity index (χ4n) is 3.80. The Bertz CT molecular complexity index is 720. The molecule has 0 aromatic heterocycles. The van der Waals surface area contributed by atoms with Gasteiger partial charge in [-0.1, -0.05) is 19.3 Å². The molecule has 1 aliphatic carbocycles. The van der Waals surface area contributed by atoms with E-state index in [-0.39, 0.29) is 10.8 Å². The van der Waals surface area contributed by atoms with E-state index in [2.05, 4.69) is 15.9 Å². The lowest BCUT2D eigenvalue weighted by Crippen LogP contribution is -2.44. The maximum Gasteiger partial charge on any atom is 0.255 e. The van der Waals surface area contributed by atoms with Crippen LogP contribution in [0.5, 0.6) is 0 Å². The maximum atomic E-state index is 12.8. The highest BCUT2D eigenvalue weighted by Gasteiger charge is 2.33. The van der Waals surface area contributed by atoms with Crippen LogP contribution in [0, 0.1) is 11.8 Å². The van der Waals surface area contributed by atoms with Crippen molar-refractivity contribution < 1.29 is 13.2 Å². The number of nitrogens with zero attached hydrogens (tertiary/aromatic N) is 1. The predicted molar refractivity (Wildman–Crippen MR) is 91.5 cm³/mol. The van der Waals surface area contributed by atoms with Gasteiger partial charge in [0.2, 0.25) is 10.0 Å². The van der Waals surface area contributed by atoms with Crippen molar-refractivity contribution in [3.05, 3.63) is 28.2 Å². The Morgan fingerprint density at radius 1 is 1.17 bits per heavy atom. The molecule has 1 saturated carbocycles. The highest BCUT2D eigenvalue weighted by atomic mass is 79.9. The summed E-state index contributed by atoms with van der Waals surface area (Å²) in [5.41, 5.74) is 0.366. The zero-order chi connectivity index (χ0) is 16.6. The molecule has 0 spiro atoms. The topological polar surface area (TPSA) is 80.5 Å². The van der Waals surface area contributed by atoms with Crippen molar-refractivity contribution in [2.75, 3.05) is 13.1 Å². The van der Waals surface area contributed by atoms with Crippen molar-refractivity contribution in [1.82, 2.24) is 4.90 Å². The summed E-state index contributed by atoms with van der Waals surface area (Å²) in [6, 6.07) is 4.35. The molecule has 2 aliphatic rings. The van der Waals surface area contributed by atoms with E-state index in [4.69, 9.17) is 5.14 Å². The molecule has 126 valence electrons. The van der Waals surface area contributed by atoms with Crippen LogP contribution in [0.2, 0.25) is 0 Å². The minimum atomic E-state index is -3.82. The molecule has 1 saturated heterocycles. The van der Waals surface area contributed by atoms with Gasteiger partial charge in [-0.2, -0.15) is 0 Å². The molecule has 1 aliphatic heterocycles. The number of amides is 1. The summed E-state index contributed by atoms with van der Waals surface area (Å²) in [5, 5.41) is 5.17. The van der Waals surface area contributed by atoms with Gasteiger partial charge in [0.15, 0.2) is 0 Å². The van der Waals surface area contributed by atoms with Gasteiger partial charge in [-0.05, 0) is 58.8 Å². The number of fused-ring (bicyclic) bond motifs is 1. The molecule has 1 heterocycles. The van der Waals surface area contributed by atoms with Gasteiger partial charge in [-0.3, -0.25) is 4.79 Å². The van der Waals surface area contributed by atoms with Crippen LogP contribution < -0.4 is 5.14 Å². The van der Waals surface area contributed by atoms with Crippen molar-refractivity contribution in [3.8, 4) is 0 Å². The van der Waals surface area contributed by atoms with Crippen molar-refractivity contribution in [2.24, 2.45) is 17.0 Å². The Kier molecular flexibility index (Phi) is 4.80. The van der Waals surface area contributed by atoms with Gasteiger partial charge in [-0.15, -0.1) is 0 Å². The van der Waals surface area contributed by atoms with Crippen LogP contribution in [-0.4, -0.2) is 32.3 Å². The predicted octanol–water partition coefficient (Wildman–Crippen LogP) is 2.75. The third kappa shape index (κ3) is 3.61. The number of nitrogens with two attached hydrogens (primary N) is 1. The van der Waals surface area contributed by atoms with E-state index < -0.39 is 10.0 Å². The van der Waals surface area contributed by atoms with E-state index in [1.807, 2.05) is 4.90 Å². The number of primary sulfonamides is 1. The molecule has 5 nitrogen and oxygen atoms in total. The third-order valence-corrected chi connectivity index (χ3v) is 6.68. The zero-order valence-corrected chi connectivity index (χ0v) is 15.3. The summed E-state index contributed by atoms with van der Waals surface area (Å²) in [4.78, 5) is 14.7. The molecule has 2 atom stereocenters. The number of hydrogen-bond donors (Lipinski definition) is 1. The third-order valence-electron chi connectivity index (χ3n) is 5.08. The van der Waals surface area contributed by atoms with Gasteiger partial charge in [0.25, 0.3) is 5.91 Å². The first-order valence-electron chi connectivity index (χ1n) is 7.98. The highest BCUT2D eigenvalue weighted by molar-refractivity contribution is 9.10. The number of halogens is 1. The van der Waals surface area contributed by atoms with Gasteiger partial charge in [0.05, 0.1) is 10.5 Å². The average molecular weight is 401 g/mol. The summed E-state index contributed by atoms with van der Waals surface area (Å²) in [6.45, 7) is 1.52. The summed E-state index contributed by atoms with van der Waals surface area (Å²) in [5.74, 6) is 1.21. The largest absolute Gasteiger partial charge is 0.338 e. The van der Waals surface area contributed by atoms with E-state index in [0.29, 0.717) is 16.0 Å². The minimum absolute atomic E-state index is 0.0309. The number of benzene rings is 1. The summed E-state index contributed by atoms with van der Waals surface area (Å²) in [7, 11) is -3.82. The van der Waals surface area contributed by atoms with Crippen molar-refractivity contribution in [2.45, 2.75) is 37.0 Å². The van der Waals surface area contributed by atoms with Gasteiger partial charge >= 0.3 is 0 Å². The monoisotopic (exact) mass is 400 g/mol. The Hall–Kier alpha value is -0.920. The first-order chi connectivity index (χ1) is 10.9. The average Bonchev–Trinajstić information content (AvgIpc) is 2.53. The van der Waals surface area contributed by atoms with Gasteiger partial charge in [0.1, 0.15) is 0 Å². The summed E-state index contributed by atoms with van der Waals surface area (Å²) in [6.07, 6.45) is 6.05. The number of hydrogen-bond acceptors (Lipinski definition) is 3. The molecule has 23 heavy (non-hydrogen) atoms. The van der Waals surface area contributed by atoms with Gasteiger partial charge in [-0.25, -0.2) is 13.6 Å². The molecule has 0 radical (unpaired) electrons. The molecule has 2 fully saturated rings. The molecule has 7 heteroatoms. The Labute approximate surface area is 145 Å². The second-order valence-electron chi connectivity index (χ2n) is 6.53. The molecule has 1 amide bonds. The van der Waals surface area contributed by atoms with Gasteiger partial charge < -0.3 is 4.90 Å². The van der Waals surface area contributed by atoms with Crippen LogP contribution >= 0.6 is 15.9 Å². The van der Waals surface area contributed by atoms with E-state index >= 15 is 0 Å². The molecular weight excluding hydrogens is 380 g/mol. The number of sulfonamides is 1. The Balaban J connectivity index is 1.83. The van der Waals surface area contributed by atoms with Gasteiger partial charge in [0, 0.05) is 17.6 Å². The summed E-state index contributed by atoms with van der Waals surface area (Å²) < 4.78 is 23.6. The zero-order valence-electron chi connectivity index (χ0n) is 12.9. The van der Waals surface area contributed by atoms with Crippen LogP contribution in [0.4, 0.5) is 0 Å². The van der Waals surface area contributed by atoms with Crippen molar-refractivity contribution >= 4 is 31.9 Å². The van der Waals surface area contributed by atoms with E-state index in [0.717, 1.165) is 25.4 Å². The lowest BCUT2D eigenvalue weighted by molar-refractivity contribution is 0.0520. The number of carbonyl (C=O) groups is 1. The first kappa shape index (κ1) is 16.9. The SMILES string of the molecule is NS(=O)(=O)c1ccc(Br)c(C(=O)N2CC[C@@H]3CCCC[C@H]3C2)c1. The first-order valence-corrected chi connectivity index (χ1v) is 10.3. The molecule has 0 unspecified atom stereocenters. The molecule has 2 N–H and O–H groups in total. The lowest BCUT2D eigenvalue weighted by atomic mass is 9.75.